The number of nitrogens with zero attached hydrogens (tertiary/aromatic N) is 2. The molecule has 0 radical (unpaired) electrons. The number of benzene rings is 2. The SMILES string of the molecule is CCc1ccccc1CNC(=O)Nc1ccc(-c2nnc(C)o2)cc1. The van der Waals surface area contributed by atoms with Crippen LogP contribution in [0.3, 0.4) is 0 Å². The minimum atomic E-state index is -0.243. The molecular formula is C19H20N4O2. The van der Waals surface area contributed by atoms with Crippen LogP contribution < -0.4 is 10.6 Å². The largest absolute Gasteiger partial charge is 0.421 e. The summed E-state index contributed by atoms with van der Waals surface area (Å²) in [6, 6.07) is 15.1. The second-order valence-corrected chi connectivity index (χ2v) is 5.63. The number of aryl methyl sites for hydroxylation is 2. The molecular weight excluding hydrogens is 316 g/mol. The number of rotatable bonds is 5. The zero-order valence-corrected chi connectivity index (χ0v) is 14.2. The Hall–Kier alpha value is -3.15. The summed E-state index contributed by atoms with van der Waals surface area (Å²) in [4.78, 5) is 12.1. The Kier molecular flexibility index (Phi) is 5.09. The highest BCUT2D eigenvalue weighted by Gasteiger charge is 2.07. The van der Waals surface area contributed by atoms with E-state index in [0.29, 0.717) is 24.0 Å². The predicted octanol–water partition coefficient (Wildman–Crippen LogP) is 3.93. The van der Waals surface area contributed by atoms with Crippen molar-refractivity contribution in [1.29, 1.82) is 0 Å². The molecule has 0 bridgehead atoms. The zero-order valence-electron chi connectivity index (χ0n) is 14.2. The lowest BCUT2D eigenvalue weighted by Gasteiger charge is -2.10. The topological polar surface area (TPSA) is 80.0 Å². The third-order valence-electron chi connectivity index (χ3n) is 3.85. The number of carbonyl (C=O) groups is 1. The van der Waals surface area contributed by atoms with Crippen molar-refractivity contribution in [2.24, 2.45) is 0 Å². The number of hydrogen-bond donors (Lipinski definition) is 2. The van der Waals surface area contributed by atoms with Crippen LogP contribution >= 0.6 is 0 Å². The van der Waals surface area contributed by atoms with Crippen molar-refractivity contribution in [2.45, 2.75) is 26.8 Å². The van der Waals surface area contributed by atoms with Gasteiger partial charge in [0.1, 0.15) is 0 Å². The molecule has 128 valence electrons. The Morgan fingerprint density at radius 2 is 1.76 bits per heavy atom. The lowest BCUT2D eigenvalue weighted by atomic mass is 10.1. The fourth-order valence-electron chi connectivity index (χ4n) is 2.54. The van der Waals surface area contributed by atoms with Gasteiger partial charge >= 0.3 is 6.03 Å². The van der Waals surface area contributed by atoms with Crippen LogP contribution in [0.5, 0.6) is 0 Å². The van der Waals surface area contributed by atoms with E-state index in [4.69, 9.17) is 4.42 Å². The summed E-state index contributed by atoms with van der Waals surface area (Å²) in [5.74, 6) is 0.980. The average Bonchev–Trinajstić information content (AvgIpc) is 3.07. The minimum Gasteiger partial charge on any atom is -0.421 e. The Bertz CT molecular complexity index is 856. The normalized spacial score (nSPS) is 10.5. The first kappa shape index (κ1) is 16.7. The van der Waals surface area contributed by atoms with Gasteiger partial charge in [0.25, 0.3) is 0 Å². The molecule has 0 fully saturated rings. The molecule has 0 unspecified atom stereocenters. The Morgan fingerprint density at radius 1 is 1.04 bits per heavy atom. The van der Waals surface area contributed by atoms with E-state index in [2.05, 4.69) is 33.8 Å². The van der Waals surface area contributed by atoms with Gasteiger partial charge in [-0.1, -0.05) is 31.2 Å². The lowest BCUT2D eigenvalue weighted by molar-refractivity contribution is 0.251. The first-order chi connectivity index (χ1) is 12.2. The van der Waals surface area contributed by atoms with Crippen LogP contribution in [0.1, 0.15) is 23.9 Å². The molecule has 1 aromatic heterocycles. The first-order valence-corrected chi connectivity index (χ1v) is 8.18. The minimum absolute atomic E-state index is 0.243. The Labute approximate surface area is 146 Å². The third-order valence-corrected chi connectivity index (χ3v) is 3.85. The summed E-state index contributed by atoms with van der Waals surface area (Å²) < 4.78 is 5.38. The van der Waals surface area contributed by atoms with Gasteiger partial charge in [-0.25, -0.2) is 4.79 Å². The van der Waals surface area contributed by atoms with Crippen molar-refractivity contribution in [3.8, 4) is 11.5 Å². The highest BCUT2D eigenvalue weighted by atomic mass is 16.4. The highest BCUT2D eigenvalue weighted by Crippen LogP contribution is 2.20. The van der Waals surface area contributed by atoms with Crippen molar-refractivity contribution in [1.82, 2.24) is 15.5 Å². The van der Waals surface area contributed by atoms with Gasteiger partial charge in [-0.2, -0.15) is 0 Å². The standard InChI is InChI=1S/C19H20N4O2/c1-3-14-6-4-5-7-16(14)12-20-19(24)21-17-10-8-15(9-11-17)18-23-22-13(2)25-18/h4-11H,3,12H2,1-2H3,(H2,20,21,24). The Morgan fingerprint density at radius 3 is 2.40 bits per heavy atom. The molecule has 25 heavy (non-hydrogen) atoms. The van der Waals surface area contributed by atoms with E-state index in [1.807, 2.05) is 30.3 Å². The van der Waals surface area contributed by atoms with Crippen LogP contribution in [0.25, 0.3) is 11.5 Å². The zero-order chi connectivity index (χ0) is 17.6. The molecule has 0 aliphatic rings. The number of anilines is 1. The molecule has 0 saturated carbocycles. The van der Waals surface area contributed by atoms with Crippen molar-refractivity contribution in [2.75, 3.05) is 5.32 Å². The highest BCUT2D eigenvalue weighted by molar-refractivity contribution is 5.89. The van der Waals surface area contributed by atoms with Crippen LogP contribution in [-0.4, -0.2) is 16.2 Å². The molecule has 3 aromatic rings. The van der Waals surface area contributed by atoms with E-state index in [0.717, 1.165) is 17.5 Å². The van der Waals surface area contributed by atoms with Crippen LogP contribution in [-0.2, 0) is 13.0 Å². The summed E-state index contributed by atoms with van der Waals surface area (Å²) in [6.45, 7) is 4.34. The van der Waals surface area contributed by atoms with Gasteiger partial charge in [0.05, 0.1) is 0 Å². The van der Waals surface area contributed by atoms with Gasteiger partial charge in [0.15, 0.2) is 0 Å². The third kappa shape index (κ3) is 4.23. The van der Waals surface area contributed by atoms with Gasteiger partial charge < -0.3 is 15.1 Å². The predicted molar refractivity (Wildman–Crippen MR) is 96.1 cm³/mol. The summed E-state index contributed by atoms with van der Waals surface area (Å²) in [5.41, 5.74) is 3.87. The quantitative estimate of drug-likeness (QED) is 0.740. The first-order valence-electron chi connectivity index (χ1n) is 8.18. The van der Waals surface area contributed by atoms with Gasteiger partial charge in [0, 0.05) is 24.7 Å². The van der Waals surface area contributed by atoms with Gasteiger partial charge in [-0.15, -0.1) is 10.2 Å². The molecule has 0 spiro atoms. The summed E-state index contributed by atoms with van der Waals surface area (Å²) in [6.07, 6.45) is 0.941. The molecule has 2 N–H and O–H groups in total. The summed E-state index contributed by atoms with van der Waals surface area (Å²) in [7, 11) is 0. The molecule has 2 amide bonds. The maximum absolute atomic E-state index is 12.1. The molecule has 0 atom stereocenters. The number of carbonyl (C=O) groups excluding carboxylic acids is 1. The second kappa shape index (κ2) is 7.61. The van der Waals surface area contributed by atoms with Crippen LogP contribution in [0.4, 0.5) is 10.5 Å². The molecule has 0 saturated heterocycles. The fraction of sp³-hybridized carbons (Fsp3) is 0.211. The monoisotopic (exact) mass is 336 g/mol. The summed E-state index contributed by atoms with van der Waals surface area (Å²) in [5, 5.41) is 13.5. The molecule has 0 aliphatic carbocycles. The van der Waals surface area contributed by atoms with Crippen molar-refractivity contribution in [3.05, 3.63) is 65.5 Å². The number of hydrogen-bond acceptors (Lipinski definition) is 4. The Balaban J connectivity index is 1.57. The van der Waals surface area contributed by atoms with Gasteiger partial charge in [0.2, 0.25) is 11.8 Å². The molecule has 1 heterocycles. The van der Waals surface area contributed by atoms with E-state index in [-0.39, 0.29) is 6.03 Å². The molecule has 3 rings (SSSR count). The van der Waals surface area contributed by atoms with E-state index in [1.165, 1.54) is 5.56 Å². The van der Waals surface area contributed by atoms with Gasteiger partial charge in [-0.05, 0) is 41.8 Å². The smallest absolute Gasteiger partial charge is 0.319 e. The van der Waals surface area contributed by atoms with Crippen molar-refractivity contribution in [3.63, 3.8) is 0 Å². The lowest BCUT2D eigenvalue weighted by Crippen LogP contribution is -2.28. The van der Waals surface area contributed by atoms with Crippen LogP contribution in [0.2, 0.25) is 0 Å². The fourth-order valence-corrected chi connectivity index (χ4v) is 2.54. The van der Waals surface area contributed by atoms with Crippen molar-refractivity contribution >= 4 is 11.7 Å². The number of nitrogens with one attached hydrogen (secondary N) is 2. The molecule has 0 aliphatic heterocycles. The van der Waals surface area contributed by atoms with E-state index >= 15 is 0 Å². The number of urea groups is 1. The average molecular weight is 336 g/mol. The van der Waals surface area contributed by atoms with Crippen molar-refractivity contribution < 1.29 is 9.21 Å². The van der Waals surface area contributed by atoms with Gasteiger partial charge in [-0.3, -0.25) is 0 Å². The summed E-state index contributed by atoms with van der Waals surface area (Å²) >= 11 is 0. The van der Waals surface area contributed by atoms with Crippen LogP contribution in [0.15, 0.2) is 52.9 Å². The second-order valence-electron chi connectivity index (χ2n) is 5.63. The maximum atomic E-state index is 12.1. The molecule has 6 heteroatoms. The molecule has 2 aromatic carbocycles. The van der Waals surface area contributed by atoms with E-state index in [9.17, 15) is 4.79 Å². The maximum Gasteiger partial charge on any atom is 0.319 e. The van der Waals surface area contributed by atoms with E-state index < -0.39 is 0 Å². The molecule has 6 nitrogen and oxygen atoms in total. The number of amides is 2. The number of aromatic nitrogens is 2. The van der Waals surface area contributed by atoms with Crippen LogP contribution in [0, 0.1) is 6.92 Å². The van der Waals surface area contributed by atoms with E-state index in [1.54, 1.807) is 19.1 Å².